The Kier molecular flexibility index (Phi) is 6.28. The van der Waals surface area contributed by atoms with Gasteiger partial charge in [0.2, 0.25) is 0 Å². The summed E-state index contributed by atoms with van der Waals surface area (Å²) in [5, 5.41) is 10.7. The van der Waals surface area contributed by atoms with Crippen molar-refractivity contribution in [2.24, 2.45) is 0 Å². The number of pyridine rings is 1. The molecule has 1 atom stereocenters. The largest absolute Gasteiger partial charge is 0.502 e. The van der Waals surface area contributed by atoms with E-state index in [-0.39, 0.29) is 23.4 Å². The van der Waals surface area contributed by atoms with Crippen molar-refractivity contribution >= 4 is 5.91 Å². The zero-order chi connectivity index (χ0) is 22.7. The third-order valence-corrected chi connectivity index (χ3v) is 5.92. The summed E-state index contributed by atoms with van der Waals surface area (Å²) < 4.78 is 12.1. The molecular weight excluding hydrogens is 408 g/mol. The second kappa shape index (κ2) is 9.28. The summed E-state index contributed by atoms with van der Waals surface area (Å²) in [6.45, 7) is 1.08. The number of methoxy groups -OCH3 is 2. The molecule has 0 saturated heterocycles. The minimum Gasteiger partial charge on any atom is -0.502 e. The van der Waals surface area contributed by atoms with E-state index in [2.05, 4.69) is 0 Å². The maximum atomic E-state index is 13.2. The van der Waals surface area contributed by atoms with Crippen LogP contribution in [-0.4, -0.2) is 54.4 Å². The molecule has 4 rings (SSSR count). The predicted octanol–water partition coefficient (Wildman–Crippen LogP) is 3.04. The van der Waals surface area contributed by atoms with Gasteiger partial charge in [-0.15, -0.1) is 0 Å². The van der Waals surface area contributed by atoms with Crippen LogP contribution in [0.1, 0.15) is 33.6 Å². The van der Waals surface area contributed by atoms with Crippen LogP contribution >= 0.6 is 0 Å². The van der Waals surface area contributed by atoms with Gasteiger partial charge in [0.05, 0.1) is 26.0 Å². The Hall–Kier alpha value is -3.58. The fourth-order valence-corrected chi connectivity index (χ4v) is 4.38. The Labute approximate surface area is 186 Å². The van der Waals surface area contributed by atoms with Gasteiger partial charge in [-0.1, -0.05) is 60.7 Å². The molecule has 0 radical (unpaired) electrons. The third kappa shape index (κ3) is 3.87. The molecule has 0 saturated carbocycles. The maximum absolute atomic E-state index is 13.2. The van der Waals surface area contributed by atoms with Crippen LogP contribution in [0.3, 0.4) is 0 Å². The van der Waals surface area contributed by atoms with Crippen molar-refractivity contribution in [3.05, 3.63) is 93.9 Å². The monoisotopic (exact) mass is 434 g/mol. The first kappa shape index (κ1) is 21.6. The summed E-state index contributed by atoms with van der Waals surface area (Å²) in [5.74, 6) is -1.15. The highest BCUT2D eigenvalue weighted by atomic mass is 16.5. The van der Waals surface area contributed by atoms with E-state index in [1.807, 2.05) is 60.7 Å². The van der Waals surface area contributed by atoms with Crippen molar-refractivity contribution < 1.29 is 19.4 Å². The van der Waals surface area contributed by atoms with E-state index in [4.69, 9.17) is 9.47 Å². The van der Waals surface area contributed by atoms with E-state index < -0.39 is 17.1 Å². The average molecular weight is 434 g/mol. The minimum absolute atomic E-state index is 0.00531. The number of carbonyl (C=O) groups excluding carboxylic acids is 1. The van der Waals surface area contributed by atoms with Crippen LogP contribution in [-0.2, 0) is 4.74 Å². The Morgan fingerprint density at radius 2 is 1.59 bits per heavy atom. The van der Waals surface area contributed by atoms with Gasteiger partial charge in [-0.25, -0.2) is 0 Å². The smallest absolute Gasteiger partial charge is 0.274 e. The highest BCUT2D eigenvalue weighted by Gasteiger charge is 2.39. The van der Waals surface area contributed by atoms with Crippen molar-refractivity contribution in [2.45, 2.75) is 12.0 Å². The molecule has 1 aromatic heterocycles. The number of rotatable bonds is 7. The topological polar surface area (TPSA) is 81.0 Å². The summed E-state index contributed by atoms with van der Waals surface area (Å²) in [4.78, 5) is 27.4. The molecule has 3 aromatic rings. The van der Waals surface area contributed by atoms with Crippen LogP contribution in [0.25, 0.3) is 0 Å². The quantitative estimate of drug-likeness (QED) is 0.618. The number of benzene rings is 2. The number of nitrogens with zero attached hydrogens (tertiary/aromatic N) is 2. The van der Waals surface area contributed by atoms with Gasteiger partial charge in [0.1, 0.15) is 0 Å². The number of hydrogen-bond acceptors (Lipinski definition) is 5. The lowest BCUT2D eigenvalue weighted by Gasteiger charge is -2.40. The molecule has 2 aromatic carbocycles. The third-order valence-electron chi connectivity index (χ3n) is 5.92. The number of aromatic hydroxyl groups is 1. The summed E-state index contributed by atoms with van der Waals surface area (Å²) >= 11 is 0. The van der Waals surface area contributed by atoms with Gasteiger partial charge < -0.3 is 24.0 Å². The summed E-state index contributed by atoms with van der Waals surface area (Å²) in [6.07, 6.45) is 1.53. The van der Waals surface area contributed by atoms with Gasteiger partial charge >= 0.3 is 0 Å². The van der Waals surface area contributed by atoms with Crippen molar-refractivity contribution in [1.82, 2.24) is 9.47 Å². The molecule has 7 heteroatoms. The fourth-order valence-electron chi connectivity index (χ4n) is 4.38. The molecule has 0 unspecified atom stereocenters. The zero-order valence-electron chi connectivity index (χ0n) is 18.1. The molecule has 0 spiro atoms. The van der Waals surface area contributed by atoms with Crippen LogP contribution in [0.2, 0.25) is 0 Å². The van der Waals surface area contributed by atoms with E-state index in [9.17, 15) is 14.7 Å². The Morgan fingerprint density at radius 3 is 2.12 bits per heavy atom. The molecular formula is C25H26N2O5. The van der Waals surface area contributed by atoms with Crippen LogP contribution in [0, 0.1) is 0 Å². The maximum Gasteiger partial charge on any atom is 0.274 e. The second-order valence-corrected chi connectivity index (χ2v) is 7.74. The van der Waals surface area contributed by atoms with Crippen LogP contribution in [0.5, 0.6) is 11.5 Å². The molecule has 166 valence electrons. The highest BCUT2D eigenvalue weighted by molar-refractivity contribution is 5.96. The van der Waals surface area contributed by atoms with Gasteiger partial charge in [-0.2, -0.15) is 0 Å². The van der Waals surface area contributed by atoms with E-state index >= 15 is 0 Å². The number of ether oxygens (including phenoxy) is 2. The number of hydrogen-bond donors (Lipinski definition) is 1. The molecule has 2 heterocycles. The highest BCUT2D eigenvalue weighted by Crippen LogP contribution is 2.40. The van der Waals surface area contributed by atoms with Gasteiger partial charge in [-0.05, 0) is 11.1 Å². The minimum atomic E-state index is -0.699. The molecule has 7 nitrogen and oxygen atoms in total. The van der Waals surface area contributed by atoms with Crippen molar-refractivity contribution in [3.63, 3.8) is 0 Å². The van der Waals surface area contributed by atoms with Gasteiger partial charge in [0, 0.05) is 26.1 Å². The van der Waals surface area contributed by atoms with Crippen LogP contribution < -0.4 is 10.2 Å². The average Bonchev–Trinajstić information content (AvgIpc) is 2.83. The molecule has 0 aliphatic carbocycles. The number of fused-ring (bicyclic) bond motifs is 1. The fraction of sp³-hybridized carbons (Fsp3) is 0.280. The first-order valence-corrected chi connectivity index (χ1v) is 10.5. The number of carbonyl (C=O) groups is 1. The SMILES string of the molecule is COCCN1C[C@H](C(c2ccccc2)c2ccccc2)n2cc(OC)c(=O)c(O)c2C1=O. The van der Waals surface area contributed by atoms with Gasteiger partial charge in [0.15, 0.2) is 17.2 Å². The summed E-state index contributed by atoms with van der Waals surface area (Å²) in [6, 6.07) is 19.7. The predicted molar refractivity (Wildman–Crippen MR) is 120 cm³/mol. The molecule has 1 aliphatic rings. The summed E-state index contributed by atoms with van der Waals surface area (Å²) in [7, 11) is 2.95. The Morgan fingerprint density at radius 1 is 1.00 bits per heavy atom. The molecule has 1 aliphatic heterocycles. The van der Waals surface area contributed by atoms with E-state index in [0.29, 0.717) is 19.7 Å². The second-order valence-electron chi connectivity index (χ2n) is 7.74. The number of aromatic nitrogens is 1. The van der Waals surface area contributed by atoms with E-state index in [1.165, 1.54) is 13.3 Å². The molecule has 0 fully saturated rings. The van der Waals surface area contributed by atoms with E-state index in [1.54, 1.807) is 16.6 Å². The lowest BCUT2D eigenvalue weighted by molar-refractivity contribution is 0.0581. The molecule has 32 heavy (non-hydrogen) atoms. The van der Waals surface area contributed by atoms with Crippen LogP contribution in [0.15, 0.2) is 71.7 Å². The first-order chi connectivity index (χ1) is 15.6. The lowest BCUT2D eigenvalue weighted by atomic mass is 9.83. The standard InChI is InChI=1S/C25H26N2O5/c1-31-14-13-26-15-19(27-16-20(32-2)23(28)24(29)22(27)25(26)30)21(17-9-5-3-6-10-17)18-11-7-4-8-12-18/h3-12,16,19,21,29H,13-15H2,1-2H3/t19-/m1/s1. The Bertz CT molecular complexity index is 1100. The normalized spacial score (nSPS) is 15.7. The van der Waals surface area contributed by atoms with E-state index in [0.717, 1.165) is 11.1 Å². The molecule has 1 N–H and O–H groups in total. The van der Waals surface area contributed by atoms with Crippen LogP contribution in [0.4, 0.5) is 0 Å². The first-order valence-electron chi connectivity index (χ1n) is 10.5. The van der Waals surface area contributed by atoms with Crippen molar-refractivity contribution in [1.29, 1.82) is 0 Å². The van der Waals surface area contributed by atoms with Crippen molar-refractivity contribution in [2.75, 3.05) is 33.9 Å². The summed E-state index contributed by atoms with van der Waals surface area (Å²) in [5.41, 5.74) is 1.40. The van der Waals surface area contributed by atoms with Gasteiger partial charge in [-0.3, -0.25) is 9.59 Å². The Balaban J connectivity index is 1.95. The van der Waals surface area contributed by atoms with Crippen molar-refractivity contribution in [3.8, 4) is 11.5 Å². The zero-order valence-corrected chi connectivity index (χ0v) is 18.1. The number of amides is 1. The molecule has 1 amide bonds. The molecule has 0 bridgehead atoms. The van der Waals surface area contributed by atoms with Gasteiger partial charge in [0.25, 0.3) is 11.3 Å². The lowest BCUT2D eigenvalue weighted by Crippen LogP contribution is -2.47.